The Morgan fingerprint density at radius 2 is 1.52 bits per heavy atom. The van der Waals surface area contributed by atoms with Crippen molar-refractivity contribution in [3.63, 3.8) is 0 Å². The van der Waals surface area contributed by atoms with Gasteiger partial charge in [0.15, 0.2) is 11.6 Å². The van der Waals surface area contributed by atoms with Crippen molar-refractivity contribution in [3.8, 4) is 5.75 Å². The second kappa shape index (κ2) is 10.6. The number of aromatic nitrogens is 2. The van der Waals surface area contributed by atoms with Crippen molar-refractivity contribution < 1.29 is 19.1 Å². The van der Waals surface area contributed by atoms with E-state index in [9.17, 15) is 9.59 Å². The molecule has 1 aliphatic carbocycles. The molecule has 3 aromatic rings. The van der Waals surface area contributed by atoms with Crippen molar-refractivity contribution in [2.75, 3.05) is 17.7 Å². The highest BCUT2D eigenvalue weighted by Gasteiger charge is 2.27. The van der Waals surface area contributed by atoms with Gasteiger partial charge in [0.1, 0.15) is 5.75 Å². The highest BCUT2D eigenvalue weighted by atomic mass is 16.5. The summed E-state index contributed by atoms with van der Waals surface area (Å²) < 4.78 is 10.8. The fourth-order valence-corrected chi connectivity index (χ4v) is 3.78. The molecule has 2 N–H and O–H groups in total. The third-order valence-electron chi connectivity index (χ3n) is 5.58. The molecule has 1 amide bonds. The molecule has 1 fully saturated rings. The van der Waals surface area contributed by atoms with Gasteiger partial charge in [-0.25, -0.2) is 0 Å². The molecule has 0 bridgehead atoms. The lowest BCUT2D eigenvalue weighted by Gasteiger charge is -2.27. The fraction of sp³-hybridized carbons (Fsp3) is 0.280. The van der Waals surface area contributed by atoms with Gasteiger partial charge >= 0.3 is 5.97 Å². The van der Waals surface area contributed by atoms with E-state index in [0.717, 1.165) is 31.4 Å². The number of methoxy groups -OCH3 is 1. The fourth-order valence-electron chi connectivity index (χ4n) is 3.78. The Kier molecular flexibility index (Phi) is 7.14. The maximum atomic E-state index is 12.5. The minimum Gasteiger partial charge on any atom is -0.490 e. The number of esters is 1. The van der Waals surface area contributed by atoms with Gasteiger partial charge in [0.05, 0.1) is 19.1 Å². The minimum atomic E-state index is -0.279. The Morgan fingerprint density at radius 1 is 0.848 bits per heavy atom. The number of nitrogens with one attached hydrogen (secondary N) is 2. The predicted molar refractivity (Wildman–Crippen MR) is 125 cm³/mol. The predicted octanol–water partition coefficient (Wildman–Crippen LogP) is 4.58. The molecule has 8 nitrogen and oxygen atoms in total. The quantitative estimate of drug-likeness (QED) is 0.512. The zero-order valence-corrected chi connectivity index (χ0v) is 18.4. The summed E-state index contributed by atoms with van der Waals surface area (Å²) in [7, 11) is 1.42. The molecular weight excluding hydrogens is 420 g/mol. The molecule has 0 spiro atoms. The van der Waals surface area contributed by atoms with Crippen LogP contribution in [0.1, 0.15) is 36.0 Å². The van der Waals surface area contributed by atoms with Crippen LogP contribution in [0.5, 0.6) is 5.75 Å². The van der Waals surface area contributed by atoms with Gasteiger partial charge in [0.2, 0.25) is 0 Å². The number of carbonyl (C=O) groups excluding carboxylic acids is 2. The monoisotopic (exact) mass is 446 g/mol. The Balaban J connectivity index is 1.27. The smallest absolute Gasteiger partial charge is 0.308 e. The highest BCUT2D eigenvalue weighted by Crippen LogP contribution is 2.28. The molecule has 33 heavy (non-hydrogen) atoms. The second-order valence-electron chi connectivity index (χ2n) is 7.89. The first kappa shape index (κ1) is 22.3. The molecule has 0 radical (unpaired) electrons. The number of benzene rings is 2. The Bertz CT molecular complexity index is 1060. The number of hydrogen-bond acceptors (Lipinski definition) is 7. The maximum Gasteiger partial charge on any atom is 0.308 e. The number of ether oxygens (including phenoxy) is 2. The number of hydrogen-bond donors (Lipinski definition) is 2. The molecule has 0 unspecified atom stereocenters. The van der Waals surface area contributed by atoms with Crippen LogP contribution in [-0.4, -0.2) is 35.3 Å². The normalized spacial score (nSPS) is 17.6. The van der Waals surface area contributed by atoms with Crippen LogP contribution in [0, 0.1) is 5.92 Å². The molecule has 1 saturated carbocycles. The van der Waals surface area contributed by atoms with Gasteiger partial charge in [-0.3, -0.25) is 9.59 Å². The lowest BCUT2D eigenvalue weighted by Crippen LogP contribution is -2.28. The van der Waals surface area contributed by atoms with Crippen LogP contribution in [0.2, 0.25) is 0 Å². The summed E-state index contributed by atoms with van der Waals surface area (Å²) in [6.45, 7) is 0. The van der Waals surface area contributed by atoms with Gasteiger partial charge in [-0.2, -0.15) is 0 Å². The van der Waals surface area contributed by atoms with Crippen molar-refractivity contribution in [1.29, 1.82) is 0 Å². The van der Waals surface area contributed by atoms with E-state index in [4.69, 9.17) is 9.47 Å². The molecule has 1 aliphatic rings. The van der Waals surface area contributed by atoms with Gasteiger partial charge in [0, 0.05) is 11.3 Å². The van der Waals surface area contributed by atoms with Crippen LogP contribution in [-0.2, 0) is 9.53 Å². The van der Waals surface area contributed by atoms with Gasteiger partial charge < -0.3 is 20.1 Å². The Hall–Kier alpha value is -3.94. The highest BCUT2D eigenvalue weighted by molar-refractivity contribution is 6.03. The number of rotatable bonds is 7. The van der Waals surface area contributed by atoms with Crippen LogP contribution in [0.3, 0.4) is 0 Å². The van der Waals surface area contributed by atoms with E-state index in [-0.39, 0.29) is 23.9 Å². The van der Waals surface area contributed by atoms with Crippen LogP contribution in [0.4, 0.5) is 17.3 Å². The lowest BCUT2D eigenvalue weighted by molar-refractivity contribution is -0.147. The molecule has 0 aliphatic heterocycles. The van der Waals surface area contributed by atoms with E-state index in [1.807, 2.05) is 30.3 Å². The van der Waals surface area contributed by atoms with Crippen molar-refractivity contribution in [1.82, 2.24) is 10.2 Å². The Morgan fingerprint density at radius 3 is 2.15 bits per heavy atom. The van der Waals surface area contributed by atoms with Crippen LogP contribution in [0.25, 0.3) is 0 Å². The minimum absolute atomic E-state index is 0.0350. The molecule has 1 heterocycles. The first-order chi connectivity index (χ1) is 16.1. The topological polar surface area (TPSA) is 102 Å². The number of para-hydroxylation sites is 1. The molecular formula is C25H26N4O4. The summed E-state index contributed by atoms with van der Waals surface area (Å²) in [5.41, 5.74) is 1.40. The van der Waals surface area contributed by atoms with Crippen molar-refractivity contribution in [2.24, 2.45) is 5.92 Å². The maximum absolute atomic E-state index is 12.5. The van der Waals surface area contributed by atoms with E-state index in [2.05, 4.69) is 20.8 Å². The van der Waals surface area contributed by atoms with Gasteiger partial charge in [-0.05, 0) is 74.2 Å². The van der Waals surface area contributed by atoms with Gasteiger partial charge in [-0.15, -0.1) is 10.2 Å². The molecule has 2 aromatic carbocycles. The molecule has 170 valence electrons. The largest absolute Gasteiger partial charge is 0.490 e. The summed E-state index contributed by atoms with van der Waals surface area (Å²) in [6, 6.07) is 20.1. The number of anilines is 3. The molecule has 8 heteroatoms. The summed E-state index contributed by atoms with van der Waals surface area (Å²) in [4.78, 5) is 24.2. The van der Waals surface area contributed by atoms with Crippen LogP contribution >= 0.6 is 0 Å². The Labute approximate surface area is 192 Å². The molecule has 4 rings (SSSR count). The number of amides is 1. The molecule has 0 saturated heterocycles. The van der Waals surface area contributed by atoms with Crippen molar-refractivity contribution in [2.45, 2.75) is 31.8 Å². The van der Waals surface area contributed by atoms with Gasteiger partial charge in [0.25, 0.3) is 5.91 Å². The number of nitrogens with zero attached hydrogens (tertiary/aromatic N) is 2. The summed E-state index contributed by atoms with van der Waals surface area (Å²) in [6.07, 6.45) is 3.19. The van der Waals surface area contributed by atoms with Crippen molar-refractivity contribution in [3.05, 3.63) is 72.3 Å². The molecule has 1 aromatic heterocycles. The van der Waals surface area contributed by atoms with E-state index < -0.39 is 0 Å². The van der Waals surface area contributed by atoms with E-state index in [1.165, 1.54) is 7.11 Å². The average Bonchev–Trinajstić information content (AvgIpc) is 2.86. The summed E-state index contributed by atoms with van der Waals surface area (Å²) >= 11 is 0. The first-order valence-electron chi connectivity index (χ1n) is 10.9. The standard InChI is InChI=1S/C25H26N4O4/c1-32-25(31)18-9-13-21(14-10-18)33-20-11-7-17(8-12-20)24(30)27-23-16-15-22(28-29-23)26-19-5-3-2-4-6-19/h2-8,11-12,15-16,18,21H,9-10,13-14H2,1H3,(H,26,28)(H,27,29,30). The van der Waals surface area contributed by atoms with E-state index >= 15 is 0 Å². The lowest BCUT2D eigenvalue weighted by atomic mass is 9.87. The SMILES string of the molecule is COC(=O)C1CCC(Oc2ccc(C(=O)Nc3ccc(Nc4ccccc4)nn3)cc2)CC1. The van der Waals surface area contributed by atoms with E-state index in [0.29, 0.717) is 22.9 Å². The second-order valence-corrected chi connectivity index (χ2v) is 7.89. The first-order valence-corrected chi connectivity index (χ1v) is 10.9. The number of carbonyl (C=O) groups is 2. The third kappa shape index (κ3) is 6.06. The zero-order chi connectivity index (χ0) is 23.0. The summed E-state index contributed by atoms with van der Waals surface area (Å²) in [5, 5.41) is 14.0. The zero-order valence-electron chi connectivity index (χ0n) is 18.4. The average molecular weight is 447 g/mol. The molecule has 0 atom stereocenters. The van der Waals surface area contributed by atoms with Crippen LogP contribution in [0.15, 0.2) is 66.7 Å². The van der Waals surface area contributed by atoms with Crippen LogP contribution < -0.4 is 15.4 Å². The summed E-state index contributed by atoms with van der Waals surface area (Å²) in [5.74, 6) is 1.19. The van der Waals surface area contributed by atoms with Gasteiger partial charge in [-0.1, -0.05) is 18.2 Å². The van der Waals surface area contributed by atoms with Crippen molar-refractivity contribution >= 4 is 29.2 Å². The van der Waals surface area contributed by atoms with E-state index in [1.54, 1.807) is 36.4 Å². The third-order valence-corrected chi connectivity index (χ3v) is 5.58.